The summed E-state index contributed by atoms with van der Waals surface area (Å²) in [6.07, 6.45) is 6.04. The predicted octanol–water partition coefficient (Wildman–Crippen LogP) is 1.09. The molecule has 0 bridgehead atoms. The van der Waals surface area contributed by atoms with Crippen LogP contribution in [-0.4, -0.2) is 67.6 Å². The summed E-state index contributed by atoms with van der Waals surface area (Å²) in [6.45, 7) is 3.24. The molecule has 1 fully saturated rings. The molecule has 1 rings (SSSR count). The average molecular weight is 245 g/mol. The highest BCUT2D eigenvalue weighted by atomic mass is 32.2. The number of hydrogen-bond acceptors (Lipinski definition) is 4. The van der Waals surface area contributed by atoms with Crippen LogP contribution in [0.2, 0.25) is 0 Å². The predicted molar refractivity (Wildman–Crippen MR) is 74.1 cm³/mol. The van der Waals surface area contributed by atoms with Crippen molar-refractivity contribution in [3.63, 3.8) is 0 Å². The van der Waals surface area contributed by atoms with Gasteiger partial charge in [-0.15, -0.1) is 0 Å². The third-order valence-corrected chi connectivity index (χ3v) is 4.32. The fourth-order valence-corrected chi connectivity index (χ4v) is 3.02. The van der Waals surface area contributed by atoms with Gasteiger partial charge in [0.1, 0.15) is 0 Å². The topological polar surface area (TPSA) is 32.5 Å². The van der Waals surface area contributed by atoms with Gasteiger partial charge in [-0.3, -0.25) is 4.90 Å². The van der Waals surface area contributed by atoms with Crippen molar-refractivity contribution in [2.24, 2.45) is 5.73 Å². The summed E-state index contributed by atoms with van der Waals surface area (Å²) in [4.78, 5) is 4.96. The van der Waals surface area contributed by atoms with Gasteiger partial charge in [0, 0.05) is 25.2 Å². The second-order valence-corrected chi connectivity index (χ2v) is 5.88. The highest BCUT2D eigenvalue weighted by Crippen LogP contribution is 2.17. The molecule has 0 aromatic rings. The number of thioether (sulfide) groups is 1. The highest BCUT2D eigenvalue weighted by molar-refractivity contribution is 7.98. The minimum atomic E-state index is 0.559. The summed E-state index contributed by atoms with van der Waals surface area (Å²) < 4.78 is 0. The maximum Gasteiger partial charge on any atom is 0.0226 e. The van der Waals surface area contributed by atoms with Gasteiger partial charge in [-0.05, 0) is 51.9 Å². The summed E-state index contributed by atoms with van der Waals surface area (Å²) in [5.41, 5.74) is 5.89. The number of rotatable bonds is 6. The second-order valence-electron chi connectivity index (χ2n) is 4.89. The SMILES string of the molecule is CSCCC(CN)N(C)C1CCCN(C)C1. The van der Waals surface area contributed by atoms with Gasteiger partial charge < -0.3 is 10.6 Å². The van der Waals surface area contributed by atoms with Crippen molar-refractivity contribution < 1.29 is 0 Å². The van der Waals surface area contributed by atoms with E-state index in [0.717, 1.165) is 6.54 Å². The number of hydrogen-bond donors (Lipinski definition) is 1. The average Bonchev–Trinajstić information content (AvgIpc) is 2.29. The molecule has 2 atom stereocenters. The molecular weight excluding hydrogens is 218 g/mol. The lowest BCUT2D eigenvalue weighted by Crippen LogP contribution is -2.51. The summed E-state index contributed by atoms with van der Waals surface area (Å²) in [5.74, 6) is 1.22. The number of nitrogens with zero attached hydrogens (tertiary/aromatic N) is 2. The Balaban J connectivity index is 2.42. The molecule has 96 valence electrons. The number of piperidine rings is 1. The first-order valence-corrected chi connectivity index (χ1v) is 7.68. The van der Waals surface area contributed by atoms with Crippen LogP contribution >= 0.6 is 11.8 Å². The Morgan fingerprint density at radius 2 is 2.31 bits per heavy atom. The Morgan fingerprint density at radius 3 is 2.88 bits per heavy atom. The van der Waals surface area contributed by atoms with E-state index in [0.29, 0.717) is 12.1 Å². The van der Waals surface area contributed by atoms with E-state index in [1.54, 1.807) is 0 Å². The number of likely N-dealkylation sites (tertiary alicyclic amines) is 1. The molecular formula is C12H27N3S. The lowest BCUT2D eigenvalue weighted by molar-refractivity contribution is 0.0998. The van der Waals surface area contributed by atoms with Crippen LogP contribution < -0.4 is 5.73 Å². The van der Waals surface area contributed by atoms with E-state index in [4.69, 9.17) is 5.73 Å². The van der Waals surface area contributed by atoms with Crippen molar-refractivity contribution in [3.05, 3.63) is 0 Å². The highest BCUT2D eigenvalue weighted by Gasteiger charge is 2.25. The van der Waals surface area contributed by atoms with Crippen LogP contribution in [0.1, 0.15) is 19.3 Å². The Hall–Kier alpha value is 0.230. The normalized spacial score (nSPS) is 24.9. The minimum absolute atomic E-state index is 0.559. The zero-order chi connectivity index (χ0) is 12.0. The summed E-state index contributed by atoms with van der Waals surface area (Å²) >= 11 is 1.92. The van der Waals surface area contributed by atoms with E-state index in [1.807, 2.05) is 11.8 Å². The smallest absolute Gasteiger partial charge is 0.0226 e. The Bertz CT molecular complexity index is 189. The van der Waals surface area contributed by atoms with Crippen molar-refractivity contribution in [2.75, 3.05) is 45.7 Å². The molecule has 1 aliphatic rings. The van der Waals surface area contributed by atoms with E-state index in [1.165, 1.54) is 38.1 Å². The first kappa shape index (κ1) is 14.3. The lowest BCUT2D eigenvalue weighted by atomic mass is 10.0. The van der Waals surface area contributed by atoms with Gasteiger partial charge >= 0.3 is 0 Å². The zero-order valence-corrected chi connectivity index (χ0v) is 11.8. The summed E-state index contributed by atoms with van der Waals surface area (Å²) in [5, 5.41) is 0. The molecule has 1 aliphatic heterocycles. The molecule has 0 aliphatic carbocycles. The van der Waals surface area contributed by atoms with Crippen LogP contribution in [0.25, 0.3) is 0 Å². The van der Waals surface area contributed by atoms with Gasteiger partial charge in [0.2, 0.25) is 0 Å². The van der Waals surface area contributed by atoms with Gasteiger partial charge in [0.15, 0.2) is 0 Å². The minimum Gasteiger partial charge on any atom is -0.329 e. The number of likely N-dealkylation sites (N-methyl/N-ethyl adjacent to an activating group) is 2. The molecule has 16 heavy (non-hydrogen) atoms. The maximum atomic E-state index is 5.89. The van der Waals surface area contributed by atoms with Crippen LogP contribution in [0.15, 0.2) is 0 Å². The third kappa shape index (κ3) is 4.24. The molecule has 3 nitrogen and oxygen atoms in total. The monoisotopic (exact) mass is 245 g/mol. The van der Waals surface area contributed by atoms with Gasteiger partial charge in [-0.25, -0.2) is 0 Å². The summed E-state index contributed by atoms with van der Waals surface area (Å²) in [6, 6.07) is 1.26. The fraction of sp³-hybridized carbons (Fsp3) is 1.00. The standard InChI is InChI=1S/C12H27N3S/c1-14-7-4-5-12(10-14)15(2)11(9-13)6-8-16-3/h11-12H,4-10,13H2,1-3H3. The lowest BCUT2D eigenvalue weighted by Gasteiger charge is -2.39. The molecule has 4 heteroatoms. The Kier molecular flexibility index (Phi) is 6.73. The third-order valence-electron chi connectivity index (χ3n) is 3.68. The Labute approximate surface area is 105 Å². The molecule has 1 heterocycles. The molecule has 1 saturated heterocycles. The maximum absolute atomic E-state index is 5.89. The van der Waals surface area contributed by atoms with Crippen molar-refractivity contribution in [2.45, 2.75) is 31.3 Å². The fourth-order valence-electron chi connectivity index (χ4n) is 2.51. The van der Waals surface area contributed by atoms with Crippen molar-refractivity contribution in [3.8, 4) is 0 Å². The van der Waals surface area contributed by atoms with Gasteiger partial charge in [-0.1, -0.05) is 0 Å². The Morgan fingerprint density at radius 1 is 1.56 bits per heavy atom. The second kappa shape index (κ2) is 7.54. The van der Waals surface area contributed by atoms with E-state index >= 15 is 0 Å². The molecule has 0 aromatic heterocycles. The largest absolute Gasteiger partial charge is 0.329 e. The number of nitrogens with two attached hydrogens (primary N) is 1. The van der Waals surface area contributed by atoms with Crippen LogP contribution in [0, 0.1) is 0 Å². The molecule has 0 radical (unpaired) electrons. The van der Waals surface area contributed by atoms with Crippen molar-refractivity contribution >= 4 is 11.8 Å². The molecule has 0 saturated carbocycles. The van der Waals surface area contributed by atoms with Crippen LogP contribution in [-0.2, 0) is 0 Å². The van der Waals surface area contributed by atoms with Gasteiger partial charge in [0.25, 0.3) is 0 Å². The van der Waals surface area contributed by atoms with E-state index in [9.17, 15) is 0 Å². The van der Waals surface area contributed by atoms with Crippen molar-refractivity contribution in [1.82, 2.24) is 9.80 Å². The quantitative estimate of drug-likeness (QED) is 0.759. The van der Waals surface area contributed by atoms with Crippen molar-refractivity contribution in [1.29, 1.82) is 0 Å². The molecule has 2 N–H and O–H groups in total. The van der Waals surface area contributed by atoms with Gasteiger partial charge in [0.05, 0.1) is 0 Å². The zero-order valence-electron chi connectivity index (χ0n) is 11.0. The van der Waals surface area contributed by atoms with Gasteiger partial charge in [-0.2, -0.15) is 11.8 Å². The first-order chi connectivity index (χ1) is 7.69. The molecule has 0 amide bonds. The first-order valence-electron chi connectivity index (χ1n) is 6.28. The van der Waals surface area contributed by atoms with Crippen LogP contribution in [0.4, 0.5) is 0 Å². The van der Waals surface area contributed by atoms with Crippen LogP contribution in [0.3, 0.4) is 0 Å². The molecule has 0 aromatic carbocycles. The molecule has 2 unspecified atom stereocenters. The van der Waals surface area contributed by atoms with E-state index in [2.05, 4.69) is 30.2 Å². The van der Waals surface area contributed by atoms with Crippen LogP contribution in [0.5, 0.6) is 0 Å². The van der Waals surface area contributed by atoms with E-state index < -0.39 is 0 Å². The summed E-state index contributed by atoms with van der Waals surface area (Å²) in [7, 11) is 4.47. The molecule has 0 spiro atoms. The van der Waals surface area contributed by atoms with E-state index in [-0.39, 0.29) is 0 Å².